The van der Waals surface area contributed by atoms with Gasteiger partial charge in [-0.15, -0.1) is 0 Å². The summed E-state index contributed by atoms with van der Waals surface area (Å²) in [5.41, 5.74) is 1.05. The lowest BCUT2D eigenvalue weighted by molar-refractivity contribution is 0.168. The van der Waals surface area contributed by atoms with Crippen LogP contribution in [0.5, 0.6) is 5.75 Å². The molecule has 0 aliphatic carbocycles. The molecule has 0 saturated carbocycles. The number of hydrogen-bond donors (Lipinski definition) is 1. The highest BCUT2D eigenvalue weighted by molar-refractivity contribution is 5.31. The zero-order valence-electron chi connectivity index (χ0n) is 13.4. The van der Waals surface area contributed by atoms with Gasteiger partial charge in [0.05, 0.1) is 7.11 Å². The molecule has 4 heteroatoms. The third-order valence-electron chi connectivity index (χ3n) is 4.41. The van der Waals surface area contributed by atoms with Gasteiger partial charge in [-0.05, 0) is 57.5 Å². The maximum absolute atomic E-state index is 13.4. The smallest absolute Gasteiger partial charge is 0.165 e. The van der Waals surface area contributed by atoms with Crippen LogP contribution in [0.4, 0.5) is 4.39 Å². The lowest BCUT2D eigenvalue weighted by atomic mass is 10.1. The van der Waals surface area contributed by atoms with Crippen LogP contribution in [0.25, 0.3) is 0 Å². The molecule has 0 bridgehead atoms. The maximum atomic E-state index is 13.4. The first-order chi connectivity index (χ1) is 10.1. The molecule has 1 heterocycles. The van der Waals surface area contributed by atoms with Gasteiger partial charge in [-0.3, -0.25) is 4.90 Å². The first kappa shape index (κ1) is 16.2. The quantitative estimate of drug-likeness (QED) is 0.870. The van der Waals surface area contributed by atoms with Crippen molar-refractivity contribution in [2.45, 2.75) is 45.2 Å². The Morgan fingerprint density at radius 3 is 2.62 bits per heavy atom. The van der Waals surface area contributed by atoms with Crippen molar-refractivity contribution < 1.29 is 9.13 Å². The first-order valence-corrected chi connectivity index (χ1v) is 7.92. The Morgan fingerprint density at radius 1 is 1.24 bits per heavy atom. The largest absolute Gasteiger partial charge is 0.494 e. The molecule has 2 rings (SSSR count). The molecule has 3 nitrogen and oxygen atoms in total. The lowest BCUT2D eigenvalue weighted by Crippen LogP contribution is -2.43. The van der Waals surface area contributed by atoms with Crippen LogP contribution in [0.15, 0.2) is 18.2 Å². The van der Waals surface area contributed by atoms with Crippen molar-refractivity contribution in [2.75, 3.05) is 26.7 Å². The Bertz CT molecular complexity index is 446. The topological polar surface area (TPSA) is 24.5 Å². The van der Waals surface area contributed by atoms with E-state index >= 15 is 0 Å². The van der Waals surface area contributed by atoms with Crippen molar-refractivity contribution in [3.63, 3.8) is 0 Å². The SMILES string of the molecule is COc1cc(C(C)NCC(C)N2CCCCC2)ccc1F. The number of hydrogen-bond acceptors (Lipinski definition) is 3. The summed E-state index contributed by atoms with van der Waals surface area (Å²) in [5, 5.41) is 3.55. The first-order valence-electron chi connectivity index (χ1n) is 7.92. The van der Waals surface area contributed by atoms with Crippen LogP contribution in [0.3, 0.4) is 0 Å². The van der Waals surface area contributed by atoms with Crippen LogP contribution in [0.2, 0.25) is 0 Å². The van der Waals surface area contributed by atoms with E-state index in [1.807, 2.05) is 6.07 Å². The molecule has 0 aromatic heterocycles. The van der Waals surface area contributed by atoms with Gasteiger partial charge in [0.25, 0.3) is 0 Å². The molecule has 1 saturated heterocycles. The maximum Gasteiger partial charge on any atom is 0.165 e. The van der Waals surface area contributed by atoms with Crippen LogP contribution in [-0.2, 0) is 0 Å². The van der Waals surface area contributed by atoms with Crippen molar-refractivity contribution in [1.82, 2.24) is 10.2 Å². The Morgan fingerprint density at radius 2 is 1.95 bits per heavy atom. The molecule has 1 aromatic carbocycles. The number of nitrogens with one attached hydrogen (secondary N) is 1. The van der Waals surface area contributed by atoms with Crippen LogP contribution in [0, 0.1) is 5.82 Å². The average Bonchev–Trinajstić information content (AvgIpc) is 2.53. The molecular formula is C17H27FN2O. The van der Waals surface area contributed by atoms with Gasteiger partial charge in [-0.25, -0.2) is 4.39 Å². The minimum absolute atomic E-state index is 0.187. The van der Waals surface area contributed by atoms with Gasteiger partial charge >= 0.3 is 0 Å². The van der Waals surface area contributed by atoms with Gasteiger partial charge in [0, 0.05) is 18.6 Å². The number of piperidine rings is 1. The summed E-state index contributed by atoms with van der Waals surface area (Å²) in [6.07, 6.45) is 3.99. The highest BCUT2D eigenvalue weighted by Gasteiger charge is 2.17. The lowest BCUT2D eigenvalue weighted by Gasteiger charge is -2.33. The van der Waals surface area contributed by atoms with Gasteiger partial charge in [0.15, 0.2) is 11.6 Å². The van der Waals surface area contributed by atoms with E-state index in [9.17, 15) is 4.39 Å². The minimum atomic E-state index is -0.310. The molecule has 2 atom stereocenters. The predicted molar refractivity (Wildman–Crippen MR) is 84.3 cm³/mol. The normalized spacial score (nSPS) is 19.2. The third kappa shape index (κ3) is 4.42. The Hall–Kier alpha value is -1.13. The number of nitrogens with zero attached hydrogens (tertiary/aromatic N) is 1. The zero-order chi connectivity index (χ0) is 15.2. The zero-order valence-corrected chi connectivity index (χ0v) is 13.4. The van der Waals surface area contributed by atoms with E-state index in [4.69, 9.17) is 4.74 Å². The molecule has 118 valence electrons. The summed E-state index contributed by atoms with van der Waals surface area (Å²) in [5.74, 6) is 0.000337. The average molecular weight is 294 g/mol. The number of benzene rings is 1. The number of methoxy groups -OCH3 is 1. The summed E-state index contributed by atoms with van der Waals surface area (Å²) in [7, 11) is 1.50. The Kier molecular flexibility index (Phi) is 6.00. The minimum Gasteiger partial charge on any atom is -0.494 e. The predicted octanol–water partition coefficient (Wildman–Crippen LogP) is 3.36. The Balaban J connectivity index is 1.87. The third-order valence-corrected chi connectivity index (χ3v) is 4.41. The monoisotopic (exact) mass is 294 g/mol. The highest BCUT2D eigenvalue weighted by Crippen LogP contribution is 2.22. The Labute approximate surface area is 127 Å². The standard InChI is InChI=1S/C17H27FN2O/c1-13(20-9-5-4-6-10-20)12-19-14(2)15-7-8-16(18)17(11-15)21-3/h7-8,11,13-14,19H,4-6,9-10,12H2,1-3H3. The number of rotatable bonds is 6. The van der Waals surface area contributed by atoms with E-state index in [0.29, 0.717) is 11.8 Å². The fourth-order valence-corrected chi connectivity index (χ4v) is 2.90. The molecule has 1 aromatic rings. The summed E-state index contributed by atoms with van der Waals surface area (Å²) < 4.78 is 18.5. The fourth-order valence-electron chi connectivity index (χ4n) is 2.90. The second-order valence-electron chi connectivity index (χ2n) is 5.97. The van der Waals surface area contributed by atoms with E-state index in [1.165, 1.54) is 45.5 Å². The fraction of sp³-hybridized carbons (Fsp3) is 0.647. The van der Waals surface area contributed by atoms with Crippen molar-refractivity contribution in [3.8, 4) is 5.75 Å². The molecule has 0 radical (unpaired) electrons. The van der Waals surface area contributed by atoms with Crippen molar-refractivity contribution in [2.24, 2.45) is 0 Å². The van der Waals surface area contributed by atoms with E-state index in [2.05, 4.69) is 24.1 Å². The van der Waals surface area contributed by atoms with Crippen molar-refractivity contribution in [3.05, 3.63) is 29.6 Å². The van der Waals surface area contributed by atoms with E-state index in [-0.39, 0.29) is 11.9 Å². The molecular weight excluding hydrogens is 267 g/mol. The molecule has 0 spiro atoms. The molecule has 1 fully saturated rings. The molecule has 0 amide bonds. The van der Waals surface area contributed by atoms with Gasteiger partial charge in [0.2, 0.25) is 0 Å². The number of ether oxygens (including phenoxy) is 1. The van der Waals surface area contributed by atoms with Crippen molar-refractivity contribution in [1.29, 1.82) is 0 Å². The molecule has 1 aliphatic rings. The van der Waals surface area contributed by atoms with Gasteiger partial charge in [-0.2, -0.15) is 0 Å². The van der Waals surface area contributed by atoms with Crippen LogP contribution in [0.1, 0.15) is 44.7 Å². The second kappa shape index (κ2) is 7.76. The van der Waals surface area contributed by atoms with Crippen LogP contribution in [-0.4, -0.2) is 37.7 Å². The van der Waals surface area contributed by atoms with E-state index < -0.39 is 0 Å². The van der Waals surface area contributed by atoms with Crippen LogP contribution < -0.4 is 10.1 Å². The summed E-state index contributed by atoms with van der Waals surface area (Å²) in [6.45, 7) is 7.75. The number of halogens is 1. The van der Waals surface area contributed by atoms with Crippen molar-refractivity contribution >= 4 is 0 Å². The summed E-state index contributed by atoms with van der Waals surface area (Å²) in [6, 6.07) is 5.79. The van der Waals surface area contributed by atoms with E-state index in [1.54, 1.807) is 6.07 Å². The number of likely N-dealkylation sites (tertiary alicyclic amines) is 1. The second-order valence-corrected chi connectivity index (χ2v) is 5.97. The highest BCUT2D eigenvalue weighted by atomic mass is 19.1. The van der Waals surface area contributed by atoms with Gasteiger partial charge in [0.1, 0.15) is 0 Å². The molecule has 2 unspecified atom stereocenters. The van der Waals surface area contributed by atoms with Gasteiger partial charge in [-0.1, -0.05) is 12.5 Å². The molecule has 1 N–H and O–H groups in total. The van der Waals surface area contributed by atoms with Crippen LogP contribution >= 0.6 is 0 Å². The van der Waals surface area contributed by atoms with E-state index in [0.717, 1.165) is 12.1 Å². The van der Waals surface area contributed by atoms with Gasteiger partial charge < -0.3 is 10.1 Å². The summed E-state index contributed by atoms with van der Waals surface area (Å²) in [4.78, 5) is 2.55. The molecule has 1 aliphatic heterocycles. The summed E-state index contributed by atoms with van der Waals surface area (Å²) >= 11 is 0. The molecule has 21 heavy (non-hydrogen) atoms.